The molecule has 0 aliphatic rings. The van der Waals surface area contributed by atoms with Crippen molar-refractivity contribution >= 4 is 34.0 Å². The van der Waals surface area contributed by atoms with E-state index in [2.05, 4.69) is 0 Å². The number of benzene rings is 2. The highest BCUT2D eigenvalue weighted by molar-refractivity contribution is 6.08. The van der Waals surface area contributed by atoms with Crippen LogP contribution in [-0.2, 0) is 17.7 Å². The molecule has 0 fully saturated rings. The van der Waals surface area contributed by atoms with E-state index >= 15 is 0 Å². The van der Waals surface area contributed by atoms with E-state index in [4.69, 9.17) is 25.2 Å². The fourth-order valence-electron chi connectivity index (χ4n) is 3.49. The van der Waals surface area contributed by atoms with Crippen LogP contribution in [0.4, 0.5) is 5.82 Å². The Morgan fingerprint density at radius 2 is 1.74 bits per heavy atom. The number of rotatable bonds is 7. The number of aromatic nitrogens is 3. The van der Waals surface area contributed by atoms with Crippen molar-refractivity contribution in [1.82, 2.24) is 14.5 Å². The summed E-state index contributed by atoms with van der Waals surface area (Å²) in [5, 5.41) is 0. The van der Waals surface area contributed by atoms with Gasteiger partial charge >= 0.3 is 5.97 Å². The van der Waals surface area contributed by atoms with Gasteiger partial charge in [-0.3, -0.25) is 0 Å². The van der Waals surface area contributed by atoms with E-state index in [1.54, 1.807) is 7.11 Å². The zero-order valence-electron chi connectivity index (χ0n) is 18.0. The van der Waals surface area contributed by atoms with E-state index in [9.17, 15) is 4.79 Å². The summed E-state index contributed by atoms with van der Waals surface area (Å²) in [6.45, 7) is 4.85. The average Bonchev–Trinajstić information content (AvgIpc) is 3.05. The van der Waals surface area contributed by atoms with E-state index in [-0.39, 0.29) is 11.5 Å². The molecule has 4 rings (SSSR count). The second kappa shape index (κ2) is 8.63. The predicted molar refractivity (Wildman–Crippen MR) is 121 cm³/mol. The van der Waals surface area contributed by atoms with Gasteiger partial charge in [-0.2, -0.15) is 0 Å². The zero-order valence-corrected chi connectivity index (χ0v) is 18.0. The van der Waals surface area contributed by atoms with E-state index in [0.29, 0.717) is 42.1 Å². The molecule has 0 aliphatic carbocycles. The Labute approximate surface area is 180 Å². The second-order valence-electron chi connectivity index (χ2n) is 7.89. The lowest BCUT2D eigenvalue weighted by Crippen LogP contribution is -2.13. The average molecular weight is 418 g/mol. The summed E-state index contributed by atoms with van der Waals surface area (Å²) < 4.78 is 12.6. The number of carbonyl (C=O) groups excluding carboxylic acids is 1. The molecule has 2 aromatic carbocycles. The number of methoxy groups -OCH3 is 1. The van der Waals surface area contributed by atoms with Crippen LogP contribution in [0.3, 0.4) is 0 Å². The smallest absolute Gasteiger partial charge is 0.344 e. The Morgan fingerprint density at radius 3 is 2.39 bits per heavy atom. The first kappa shape index (κ1) is 20.7. The first-order valence-electron chi connectivity index (χ1n) is 10.3. The van der Waals surface area contributed by atoms with Gasteiger partial charge in [0.1, 0.15) is 22.6 Å². The number of nitrogen functional groups attached to an aromatic ring is 1. The van der Waals surface area contributed by atoms with Crippen molar-refractivity contribution < 1.29 is 14.3 Å². The maximum Gasteiger partial charge on any atom is 0.344 e. The van der Waals surface area contributed by atoms with E-state index < -0.39 is 5.97 Å². The van der Waals surface area contributed by atoms with Crippen LogP contribution in [0, 0.1) is 5.92 Å². The summed E-state index contributed by atoms with van der Waals surface area (Å²) in [4.78, 5) is 22.4. The number of fused-ring (bicyclic) bond motifs is 2. The van der Waals surface area contributed by atoms with Gasteiger partial charge in [0.15, 0.2) is 5.65 Å². The highest BCUT2D eigenvalue weighted by Crippen LogP contribution is 2.29. The van der Waals surface area contributed by atoms with Crippen LogP contribution in [0.15, 0.2) is 48.5 Å². The fraction of sp³-hybridized carbons (Fsp3) is 0.292. The van der Waals surface area contributed by atoms with Gasteiger partial charge in [0.25, 0.3) is 0 Å². The summed E-state index contributed by atoms with van der Waals surface area (Å²) in [7, 11) is 1.64. The van der Waals surface area contributed by atoms with Crippen molar-refractivity contribution in [2.45, 2.75) is 26.8 Å². The third-order valence-electron chi connectivity index (χ3n) is 5.13. The molecule has 0 radical (unpaired) electrons. The van der Waals surface area contributed by atoms with Crippen molar-refractivity contribution in [1.29, 1.82) is 0 Å². The zero-order chi connectivity index (χ0) is 22.0. The number of aryl methyl sites for hydroxylation is 2. The van der Waals surface area contributed by atoms with Crippen molar-refractivity contribution in [3.63, 3.8) is 0 Å². The molecule has 7 heteroatoms. The van der Waals surface area contributed by atoms with E-state index in [0.717, 1.165) is 16.8 Å². The number of hydrogen-bond donors (Lipinski definition) is 1. The first-order chi connectivity index (χ1) is 15.0. The number of carbonyl (C=O) groups is 1. The molecule has 0 unspecified atom stereocenters. The van der Waals surface area contributed by atoms with Crippen molar-refractivity contribution in [2.75, 3.05) is 19.5 Å². The summed E-state index contributed by atoms with van der Waals surface area (Å²) in [6, 6.07) is 15.5. The van der Waals surface area contributed by atoms with Crippen LogP contribution in [0.25, 0.3) is 22.2 Å². The molecule has 2 N–H and O–H groups in total. The molecule has 7 nitrogen and oxygen atoms in total. The molecule has 0 saturated heterocycles. The van der Waals surface area contributed by atoms with Gasteiger partial charge in [0.05, 0.1) is 24.8 Å². The molecule has 0 atom stereocenters. The Kier molecular flexibility index (Phi) is 5.75. The predicted octanol–water partition coefficient (Wildman–Crippen LogP) is 4.23. The maximum atomic E-state index is 12.9. The van der Waals surface area contributed by atoms with Crippen LogP contribution >= 0.6 is 0 Å². The van der Waals surface area contributed by atoms with E-state index in [1.165, 1.54) is 0 Å². The van der Waals surface area contributed by atoms with E-state index in [1.807, 2.05) is 66.9 Å². The van der Waals surface area contributed by atoms with Crippen LogP contribution in [0.2, 0.25) is 0 Å². The van der Waals surface area contributed by atoms with Gasteiger partial charge in [-0.15, -0.1) is 0 Å². The molecular weight excluding hydrogens is 392 g/mol. The van der Waals surface area contributed by atoms with Gasteiger partial charge in [-0.1, -0.05) is 38.1 Å². The van der Waals surface area contributed by atoms with Crippen molar-refractivity contribution in [3.05, 3.63) is 59.7 Å². The summed E-state index contributed by atoms with van der Waals surface area (Å²) in [5.74, 6) is 0.888. The molecule has 2 aromatic heterocycles. The van der Waals surface area contributed by atoms with Gasteiger partial charge in [0, 0.05) is 6.54 Å². The third-order valence-corrected chi connectivity index (χ3v) is 5.13. The van der Waals surface area contributed by atoms with Gasteiger partial charge < -0.3 is 19.8 Å². The van der Waals surface area contributed by atoms with Crippen LogP contribution in [0.5, 0.6) is 5.75 Å². The Bertz CT molecular complexity index is 1230. The molecule has 0 aliphatic heterocycles. The molecule has 4 aromatic rings. The number of hydrogen-bond acceptors (Lipinski definition) is 6. The number of esters is 1. The monoisotopic (exact) mass is 418 g/mol. The molecular formula is C24H26N4O3. The van der Waals surface area contributed by atoms with Gasteiger partial charge in [-0.25, -0.2) is 14.8 Å². The lowest BCUT2D eigenvalue weighted by molar-refractivity contribution is 0.0462. The van der Waals surface area contributed by atoms with Crippen LogP contribution in [-0.4, -0.2) is 34.2 Å². The van der Waals surface area contributed by atoms with Gasteiger partial charge in [-0.05, 0) is 42.2 Å². The Balaban J connectivity index is 1.76. The van der Waals surface area contributed by atoms with Crippen molar-refractivity contribution in [2.24, 2.45) is 5.92 Å². The maximum absolute atomic E-state index is 12.9. The normalized spacial score (nSPS) is 11.4. The van der Waals surface area contributed by atoms with Crippen LogP contribution in [0.1, 0.15) is 29.8 Å². The minimum absolute atomic E-state index is 0.223. The molecule has 160 valence electrons. The third kappa shape index (κ3) is 4.17. The molecule has 0 bridgehead atoms. The second-order valence-corrected chi connectivity index (χ2v) is 7.89. The minimum Gasteiger partial charge on any atom is -0.497 e. The topological polar surface area (TPSA) is 92.3 Å². The number of nitrogens with two attached hydrogens (primary N) is 1. The quantitative estimate of drug-likeness (QED) is 0.452. The highest BCUT2D eigenvalue weighted by Gasteiger charge is 2.25. The standard InChI is InChI=1S/C24H26N4O3/c1-15(2)14-31-24(29)20-21-23(27-19-7-5-4-6-18(19)26-21)28(22(20)25)13-12-16-8-10-17(30-3)11-9-16/h4-11,15H,12-14,25H2,1-3H3. The number of ether oxygens (including phenoxy) is 2. The highest BCUT2D eigenvalue weighted by atomic mass is 16.5. The molecule has 0 spiro atoms. The molecule has 0 amide bonds. The Hall–Kier alpha value is -3.61. The van der Waals surface area contributed by atoms with Gasteiger partial charge in [0.2, 0.25) is 0 Å². The molecule has 0 saturated carbocycles. The number of nitrogens with zero attached hydrogens (tertiary/aromatic N) is 3. The van der Waals surface area contributed by atoms with Crippen LogP contribution < -0.4 is 10.5 Å². The largest absolute Gasteiger partial charge is 0.497 e. The number of anilines is 1. The van der Waals surface area contributed by atoms with Crippen molar-refractivity contribution in [3.8, 4) is 5.75 Å². The minimum atomic E-state index is -0.469. The SMILES string of the molecule is COc1ccc(CCn2c(N)c(C(=O)OCC(C)C)c3nc4ccccc4nc32)cc1. The number of para-hydroxylation sites is 2. The first-order valence-corrected chi connectivity index (χ1v) is 10.3. The fourth-order valence-corrected chi connectivity index (χ4v) is 3.49. The molecule has 2 heterocycles. The molecule has 31 heavy (non-hydrogen) atoms. The Morgan fingerprint density at radius 1 is 1.06 bits per heavy atom. The lowest BCUT2D eigenvalue weighted by Gasteiger charge is -2.09. The summed E-state index contributed by atoms with van der Waals surface area (Å²) >= 11 is 0. The summed E-state index contributed by atoms with van der Waals surface area (Å²) in [6.07, 6.45) is 0.715. The summed E-state index contributed by atoms with van der Waals surface area (Å²) in [5.41, 5.74) is 10.4. The lowest BCUT2D eigenvalue weighted by atomic mass is 10.1.